The van der Waals surface area contributed by atoms with Gasteiger partial charge in [0.1, 0.15) is 11.7 Å². The van der Waals surface area contributed by atoms with E-state index in [0.717, 1.165) is 18.7 Å². The van der Waals surface area contributed by atoms with Gasteiger partial charge in [-0.25, -0.2) is 4.98 Å². The highest BCUT2D eigenvalue weighted by Crippen LogP contribution is 2.30. The van der Waals surface area contributed by atoms with Gasteiger partial charge in [-0.05, 0) is 25.0 Å². The van der Waals surface area contributed by atoms with Crippen LogP contribution in [0.4, 0.5) is 18.9 Å². The molecule has 98 valence electrons. The van der Waals surface area contributed by atoms with Crippen molar-refractivity contribution in [3.63, 3.8) is 0 Å². The molecule has 1 atom stereocenters. The Hall–Kier alpha value is -1.79. The van der Waals surface area contributed by atoms with Gasteiger partial charge in [-0.3, -0.25) is 4.79 Å². The van der Waals surface area contributed by atoms with E-state index in [1.807, 2.05) is 0 Å². The van der Waals surface area contributed by atoms with Crippen LogP contribution < -0.4 is 10.6 Å². The third-order valence-corrected chi connectivity index (χ3v) is 2.95. The van der Waals surface area contributed by atoms with Gasteiger partial charge in [0.25, 0.3) is 0 Å². The minimum absolute atomic E-state index is 0.455. The Bertz CT molecular complexity index is 444. The molecule has 1 aromatic heterocycles. The number of anilines is 1. The Morgan fingerprint density at radius 2 is 2.17 bits per heavy atom. The van der Waals surface area contributed by atoms with Crippen LogP contribution in [0.1, 0.15) is 18.5 Å². The first kappa shape index (κ1) is 12.7. The van der Waals surface area contributed by atoms with Crippen LogP contribution in [0.2, 0.25) is 0 Å². The minimum atomic E-state index is -4.45. The van der Waals surface area contributed by atoms with Gasteiger partial charge in [0.05, 0.1) is 11.9 Å². The lowest BCUT2D eigenvalue weighted by Crippen LogP contribution is -2.40. The van der Waals surface area contributed by atoms with Crippen molar-refractivity contribution in [3.8, 4) is 0 Å². The third-order valence-electron chi connectivity index (χ3n) is 2.95. The van der Waals surface area contributed by atoms with Gasteiger partial charge >= 0.3 is 6.18 Å². The summed E-state index contributed by atoms with van der Waals surface area (Å²) in [6, 6.07) is 1.77. The van der Waals surface area contributed by atoms with Crippen molar-refractivity contribution in [2.75, 3.05) is 11.4 Å². The molecule has 7 heteroatoms. The van der Waals surface area contributed by atoms with Crippen LogP contribution in [0.3, 0.4) is 0 Å². The molecular formula is C11H12F3N3O. The fraction of sp³-hybridized carbons (Fsp3) is 0.455. The molecule has 4 nitrogen and oxygen atoms in total. The Kier molecular flexibility index (Phi) is 3.14. The highest BCUT2D eigenvalue weighted by Gasteiger charge is 2.33. The van der Waals surface area contributed by atoms with Gasteiger partial charge in [0.2, 0.25) is 5.91 Å². The number of aromatic nitrogens is 1. The molecule has 2 heterocycles. The van der Waals surface area contributed by atoms with Gasteiger partial charge < -0.3 is 10.6 Å². The normalized spacial score (nSPS) is 20.2. The molecule has 1 unspecified atom stereocenters. The number of alkyl halides is 3. The molecule has 1 aliphatic rings. The maximum Gasteiger partial charge on any atom is 0.433 e. The molecule has 1 amide bonds. The van der Waals surface area contributed by atoms with Crippen LogP contribution in [0, 0.1) is 0 Å². The first-order valence-electron chi connectivity index (χ1n) is 5.49. The van der Waals surface area contributed by atoms with Crippen LogP contribution in [-0.2, 0) is 11.0 Å². The Balaban J connectivity index is 2.22. The number of nitrogens with zero attached hydrogens (tertiary/aromatic N) is 2. The largest absolute Gasteiger partial charge is 0.433 e. The van der Waals surface area contributed by atoms with Crippen LogP contribution in [-0.4, -0.2) is 23.5 Å². The second kappa shape index (κ2) is 4.47. The molecule has 1 saturated heterocycles. The number of hydrogen-bond acceptors (Lipinski definition) is 3. The number of rotatable bonds is 2. The van der Waals surface area contributed by atoms with E-state index in [9.17, 15) is 18.0 Å². The summed E-state index contributed by atoms with van der Waals surface area (Å²) in [4.78, 5) is 16.3. The summed E-state index contributed by atoms with van der Waals surface area (Å²) in [7, 11) is 0. The topological polar surface area (TPSA) is 59.2 Å². The number of pyridine rings is 1. The second-order valence-corrected chi connectivity index (χ2v) is 4.15. The zero-order valence-electron chi connectivity index (χ0n) is 9.44. The van der Waals surface area contributed by atoms with Gasteiger partial charge in [-0.1, -0.05) is 0 Å². The van der Waals surface area contributed by atoms with E-state index in [4.69, 9.17) is 5.73 Å². The van der Waals surface area contributed by atoms with Crippen LogP contribution >= 0.6 is 0 Å². The molecule has 0 radical (unpaired) electrons. The van der Waals surface area contributed by atoms with Crippen molar-refractivity contribution in [2.24, 2.45) is 5.73 Å². The number of carbonyl (C=O) groups excluding carboxylic acids is 1. The molecular weight excluding hydrogens is 247 g/mol. The summed E-state index contributed by atoms with van der Waals surface area (Å²) in [6.45, 7) is 0.598. The fourth-order valence-corrected chi connectivity index (χ4v) is 2.10. The molecule has 0 spiro atoms. The Morgan fingerprint density at radius 3 is 2.67 bits per heavy atom. The predicted octanol–water partition coefficient (Wildman–Crippen LogP) is 1.55. The highest BCUT2D eigenvalue weighted by molar-refractivity contribution is 5.84. The molecule has 1 fully saturated rings. The lowest BCUT2D eigenvalue weighted by molar-refractivity contribution is -0.141. The standard InChI is InChI=1S/C11H12F3N3O/c12-11(13,14)9-4-3-7(6-16-9)17-5-1-2-8(17)10(15)18/h3-4,6,8H,1-2,5H2,(H2,15,18). The molecule has 18 heavy (non-hydrogen) atoms. The van der Waals surface area contributed by atoms with E-state index in [1.54, 1.807) is 4.90 Å². The van der Waals surface area contributed by atoms with Crippen molar-refractivity contribution in [3.05, 3.63) is 24.0 Å². The first-order chi connectivity index (χ1) is 8.39. The van der Waals surface area contributed by atoms with E-state index < -0.39 is 23.8 Å². The molecule has 0 saturated carbocycles. The van der Waals surface area contributed by atoms with Gasteiger partial charge in [-0.2, -0.15) is 13.2 Å². The summed E-state index contributed by atoms with van der Waals surface area (Å²) < 4.78 is 37.1. The predicted molar refractivity (Wildman–Crippen MR) is 58.8 cm³/mol. The molecule has 0 bridgehead atoms. The van der Waals surface area contributed by atoms with E-state index >= 15 is 0 Å². The Morgan fingerprint density at radius 1 is 1.44 bits per heavy atom. The number of primary amides is 1. The zero-order valence-corrected chi connectivity index (χ0v) is 9.44. The number of halogens is 3. The number of nitrogens with two attached hydrogens (primary N) is 1. The summed E-state index contributed by atoms with van der Waals surface area (Å²) >= 11 is 0. The molecule has 2 N–H and O–H groups in total. The van der Waals surface area contributed by atoms with Crippen molar-refractivity contribution >= 4 is 11.6 Å². The van der Waals surface area contributed by atoms with Gasteiger partial charge in [0, 0.05) is 6.54 Å². The number of amides is 1. The van der Waals surface area contributed by atoms with Crippen molar-refractivity contribution in [1.82, 2.24) is 4.98 Å². The quantitative estimate of drug-likeness (QED) is 0.876. The lowest BCUT2D eigenvalue weighted by atomic mass is 10.2. The number of carbonyl (C=O) groups is 1. The van der Waals surface area contributed by atoms with Crippen molar-refractivity contribution in [2.45, 2.75) is 25.1 Å². The smallest absolute Gasteiger partial charge is 0.368 e. The summed E-state index contributed by atoms with van der Waals surface area (Å²) in [5.74, 6) is -0.465. The monoisotopic (exact) mass is 259 g/mol. The highest BCUT2D eigenvalue weighted by atomic mass is 19.4. The maximum atomic E-state index is 12.4. The second-order valence-electron chi connectivity index (χ2n) is 4.15. The third kappa shape index (κ3) is 2.39. The SMILES string of the molecule is NC(=O)C1CCCN1c1ccc(C(F)(F)F)nc1. The average Bonchev–Trinajstić information content (AvgIpc) is 2.77. The van der Waals surface area contributed by atoms with Crippen molar-refractivity contribution < 1.29 is 18.0 Å². The molecule has 0 aliphatic carbocycles. The number of hydrogen-bond donors (Lipinski definition) is 1. The maximum absolute atomic E-state index is 12.4. The lowest BCUT2D eigenvalue weighted by Gasteiger charge is -2.24. The zero-order chi connectivity index (χ0) is 13.3. The molecule has 1 aliphatic heterocycles. The van der Waals surface area contributed by atoms with E-state index in [2.05, 4.69) is 4.98 Å². The van der Waals surface area contributed by atoms with Crippen molar-refractivity contribution in [1.29, 1.82) is 0 Å². The van der Waals surface area contributed by atoms with E-state index in [-0.39, 0.29) is 0 Å². The summed E-state index contributed by atoms with van der Waals surface area (Å²) in [5.41, 5.74) is 4.79. The summed E-state index contributed by atoms with van der Waals surface area (Å²) in [5, 5.41) is 0. The van der Waals surface area contributed by atoms with Crippen LogP contribution in [0.15, 0.2) is 18.3 Å². The van der Waals surface area contributed by atoms with Gasteiger partial charge in [-0.15, -0.1) is 0 Å². The summed E-state index contributed by atoms with van der Waals surface area (Å²) in [6.07, 6.45) is -1.91. The first-order valence-corrected chi connectivity index (χ1v) is 5.49. The van der Waals surface area contributed by atoms with Gasteiger partial charge in [0.15, 0.2) is 0 Å². The van der Waals surface area contributed by atoms with Crippen LogP contribution in [0.25, 0.3) is 0 Å². The Labute approximate surface area is 102 Å². The molecule has 0 aromatic carbocycles. The fourth-order valence-electron chi connectivity index (χ4n) is 2.10. The molecule has 2 rings (SSSR count). The molecule has 1 aromatic rings. The van der Waals surface area contributed by atoms with E-state index in [0.29, 0.717) is 18.7 Å². The van der Waals surface area contributed by atoms with Crippen LogP contribution in [0.5, 0.6) is 0 Å². The minimum Gasteiger partial charge on any atom is -0.368 e. The average molecular weight is 259 g/mol. The van der Waals surface area contributed by atoms with E-state index in [1.165, 1.54) is 6.07 Å².